The molecule has 0 fully saturated rings. The summed E-state index contributed by atoms with van der Waals surface area (Å²) in [5.74, 6) is 0.543. The normalized spacial score (nSPS) is 13.2. The number of halogens is 1. The molecule has 2 amide bonds. The Bertz CT molecular complexity index is 814. The van der Waals surface area contributed by atoms with Crippen molar-refractivity contribution >= 4 is 39.1 Å². The lowest BCUT2D eigenvalue weighted by molar-refractivity contribution is -0.115. The maximum absolute atomic E-state index is 13.1. The molecule has 0 spiro atoms. The minimum atomic E-state index is -0.723. The molecule has 0 aromatic heterocycles. The molecule has 0 radical (unpaired) electrons. The number of carbonyl (C=O) groups excluding carboxylic acids is 2. The number of amides is 2. The van der Waals surface area contributed by atoms with Gasteiger partial charge in [0.2, 0.25) is 5.91 Å². The van der Waals surface area contributed by atoms with Gasteiger partial charge in [-0.2, -0.15) is 0 Å². The van der Waals surface area contributed by atoms with Crippen LogP contribution in [0.5, 0.6) is 0 Å². The fourth-order valence-electron chi connectivity index (χ4n) is 3.12. The van der Waals surface area contributed by atoms with Crippen molar-refractivity contribution in [1.82, 2.24) is 0 Å². The molecule has 2 rings (SSSR count). The third kappa shape index (κ3) is 4.89. The SMILES string of the molecule is CC(=O)N(C(=O)c1ccccc1Cl)c1ccccc1C(C)CS(C)(C)C. The molecule has 1 unspecified atom stereocenters. The lowest BCUT2D eigenvalue weighted by atomic mass is 9.99. The lowest BCUT2D eigenvalue weighted by Crippen LogP contribution is -2.36. The highest BCUT2D eigenvalue weighted by Gasteiger charge is 2.27. The third-order valence-electron chi connectivity index (χ3n) is 4.08. The van der Waals surface area contributed by atoms with Crippen molar-refractivity contribution in [2.24, 2.45) is 0 Å². The summed E-state index contributed by atoms with van der Waals surface area (Å²) in [5, 5.41) is 0.341. The van der Waals surface area contributed by atoms with Crippen LogP contribution >= 0.6 is 21.6 Å². The monoisotopic (exact) mass is 391 g/mol. The van der Waals surface area contributed by atoms with Crippen LogP contribution in [-0.2, 0) is 4.79 Å². The average molecular weight is 392 g/mol. The van der Waals surface area contributed by atoms with Gasteiger partial charge in [-0.3, -0.25) is 9.59 Å². The van der Waals surface area contributed by atoms with Gasteiger partial charge in [0.15, 0.2) is 0 Å². The van der Waals surface area contributed by atoms with Gasteiger partial charge >= 0.3 is 0 Å². The first-order valence-electron chi connectivity index (χ1n) is 8.46. The van der Waals surface area contributed by atoms with Gasteiger partial charge in [0.05, 0.1) is 16.3 Å². The van der Waals surface area contributed by atoms with E-state index in [4.69, 9.17) is 11.6 Å². The molecular formula is C21H26ClNO2S. The Morgan fingerprint density at radius 1 is 1.04 bits per heavy atom. The van der Waals surface area contributed by atoms with Gasteiger partial charge in [-0.1, -0.05) is 48.9 Å². The second kappa shape index (κ2) is 8.28. The van der Waals surface area contributed by atoms with Crippen molar-refractivity contribution in [3.8, 4) is 0 Å². The van der Waals surface area contributed by atoms with E-state index in [0.29, 0.717) is 16.3 Å². The number of nitrogens with zero attached hydrogens (tertiary/aromatic N) is 1. The summed E-state index contributed by atoms with van der Waals surface area (Å²) in [5.41, 5.74) is 1.97. The average Bonchev–Trinajstić information content (AvgIpc) is 2.53. The van der Waals surface area contributed by atoms with Crippen LogP contribution in [-0.4, -0.2) is 36.3 Å². The van der Waals surface area contributed by atoms with Crippen molar-refractivity contribution in [3.63, 3.8) is 0 Å². The van der Waals surface area contributed by atoms with E-state index >= 15 is 0 Å². The summed E-state index contributed by atoms with van der Waals surface area (Å²) in [4.78, 5) is 26.7. The first kappa shape index (κ1) is 20.5. The first-order valence-corrected chi connectivity index (χ1v) is 11.9. The number of carbonyl (C=O) groups is 2. The van der Waals surface area contributed by atoms with Gasteiger partial charge in [-0.15, -0.1) is 0 Å². The van der Waals surface area contributed by atoms with Gasteiger partial charge in [0, 0.05) is 6.92 Å². The number of hydrogen-bond donors (Lipinski definition) is 0. The molecule has 140 valence electrons. The first-order chi connectivity index (χ1) is 12.1. The second-order valence-electron chi connectivity index (χ2n) is 7.36. The van der Waals surface area contributed by atoms with Gasteiger partial charge < -0.3 is 0 Å². The Hall–Kier alpha value is -1.78. The summed E-state index contributed by atoms with van der Waals surface area (Å²) in [7, 11) is -0.723. The van der Waals surface area contributed by atoms with E-state index in [1.165, 1.54) is 11.8 Å². The van der Waals surface area contributed by atoms with E-state index in [2.05, 4.69) is 25.7 Å². The van der Waals surface area contributed by atoms with Crippen LogP contribution in [0.4, 0.5) is 5.69 Å². The summed E-state index contributed by atoms with van der Waals surface area (Å²) >= 11 is 6.19. The molecule has 0 N–H and O–H groups in total. The number of imide groups is 1. The van der Waals surface area contributed by atoms with Gasteiger partial charge in [-0.25, -0.2) is 14.9 Å². The van der Waals surface area contributed by atoms with Gasteiger partial charge in [-0.05, 0) is 54.2 Å². The van der Waals surface area contributed by atoms with Crippen molar-refractivity contribution in [3.05, 3.63) is 64.7 Å². The second-order valence-corrected chi connectivity index (χ2v) is 12.3. The number of rotatable bonds is 5. The molecule has 0 bridgehead atoms. The Kier molecular flexibility index (Phi) is 6.53. The topological polar surface area (TPSA) is 37.4 Å². The minimum absolute atomic E-state index is 0.238. The van der Waals surface area contributed by atoms with Crippen molar-refractivity contribution in [2.75, 3.05) is 29.4 Å². The van der Waals surface area contributed by atoms with Crippen molar-refractivity contribution in [2.45, 2.75) is 19.8 Å². The molecule has 2 aromatic rings. The fourth-order valence-corrected chi connectivity index (χ4v) is 5.02. The smallest absolute Gasteiger partial charge is 0.266 e. The molecule has 5 heteroatoms. The van der Waals surface area contributed by atoms with Crippen LogP contribution in [0.25, 0.3) is 0 Å². The van der Waals surface area contributed by atoms with E-state index in [0.717, 1.165) is 11.3 Å². The zero-order valence-electron chi connectivity index (χ0n) is 16.0. The van der Waals surface area contributed by atoms with Crippen LogP contribution in [0.15, 0.2) is 48.5 Å². The van der Waals surface area contributed by atoms with Crippen molar-refractivity contribution in [1.29, 1.82) is 0 Å². The molecule has 2 aromatic carbocycles. The number of anilines is 1. The van der Waals surface area contributed by atoms with Crippen LogP contribution in [0.3, 0.4) is 0 Å². The molecule has 0 saturated heterocycles. The Morgan fingerprint density at radius 2 is 1.62 bits per heavy atom. The zero-order chi connectivity index (χ0) is 19.5. The summed E-state index contributed by atoms with van der Waals surface area (Å²) in [6.07, 6.45) is 6.80. The maximum atomic E-state index is 13.1. The van der Waals surface area contributed by atoms with E-state index in [1.807, 2.05) is 24.3 Å². The quantitative estimate of drug-likeness (QED) is 0.690. The number of hydrogen-bond acceptors (Lipinski definition) is 2. The molecule has 3 nitrogen and oxygen atoms in total. The van der Waals surface area contributed by atoms with Crippen molar-refractivity contribution < 1.29 is 9.59 Å². The third-order valence-corrected chi connectivity index (χ3v) is 5.91. The molecule has 0 aliphatic rings. The van der Waals surface area contributed by atoms with E-state index in [1.54, 1.807) is 24.3 Å². The highest BCUT2D eigenvalue weighted by atomic mass is 35.5. The lowest BCUT2D eigenvalue weighted by Gasteiger charge is -2.31. The van der Waals surface area contributed by atoms with Crippen LogP contribution < -0.4 is 4.90 Å². The number of para-hydroxylation sites is 1. The van der Waals surface area contributed by atoms with Crippen LogP contribution in [0.1, 0.15) is 35.7 Å². The predicted molar refractivity (Wildman–Crippen MR) is 114 cm³/mol. The highest BCUT2D eigenvalue weighted by Crippen LogP contribution is 2.42. The van der Waals surface area contributed by atoms with E-state index < -0.39 is 15.9 Å². The molecule has 26 heavy (non-hydrogen) atoms. The van der Waals surface area contributed by atoms with E-state index in [9.17, 15) is 9.59 Å². The highest BCUT2D eigenvalue weighted by molar-refractivity contribution is 8.32. The number of benzene rings is 2. The summed E-state index contributed by atoms with van der Waals surface area (Å²) < 4.78 is 0. The zero-order valence-corrected chi connectivity index (χ0v) is 17.5. The minimum Gasteiger partial charge on any atom is -0.274 e. The standard InChI is InChI=1S/C21H26ClNO2S/c1-15(14-26(3,4)5)17-10-7-9-13-20(17)23(16(2)24)21(25)18-11-6-8-12-19(18)22/h6-13,15H,14H2,1-5H3. The van der Waals surface area contributed by atoms with E-state index in [-0.39, 0.29) is 11.8 Å². The largest absolute Gasteiger partial charge is 0.274 e. The Morgan fingerprint density at radius 3 is 2.19 bits per heavy atom. The molecule has 1 atom stereocenters. The summed E-state index contributed by atoms with van der Waals surface area (Å²) in [6.45, 7) is 3.56. The molecule has 0 aliphatic carbocycles. The molecule has 0 heterocycles. The molecular weight excluding hydrogens is 366 g/mol. The predicted octanol–water partition coefficient (Wildman–Crippen LogP) is 5.33. The van der Waals surface area contributed by atoms with Gasteiger partial charge in [0.25, 0.3) is 5.91 Å². The Balaban J connectivity index is 2.51. The Labute approximate surface area is 162 Å². The molecule has 0 aliphatic heterocycles. The van der Waals surface area contributed by atoms with Crippen LogP contribution in [0, 0.1) is 0 Å². The maximum Gasteiger partial charge on any atom is 0.266 e. The van der Waals surface area contributed by atoms with Crippen LogP contribution in [0.2, 0.25) is 5.02 Å². The molecule has 0 saturated carbocycles. The fraction of sp³-hybridized carbons (Fsp3) is 0.333. The van der Waals surface area contributed by atoms with Gasteiger partial charge in [0.1, 0.15) is 0 Å². The summed E-state index contributed by atoms with van der Waals surface area (Å²) in [6, 6.07) is 14.4.